The molecule has 2 nitrogen and oxygen atoms in total. The molecular formula is C15H13NO. The quantitative estimate of drug-likeness (QED) is 0.799. The van der Waals surface area contributed by atoms with Gasteiger partial charge in [0.2, 0.25) is 0 Å². The molecule has 0 aliphatic heterocycles. The summed E-state index contributed by atoms with van der Waals surface area (Å²) in [5, 5.41) is 9.05. The van der Waals surface area contributed by atoms with Crippen molar-refractivity contribution in [1.82, 2.24) is 0 Å². The minimum atomic E-state index is 0.611. The maximum absolute atomic E-state index is 9.05. The van der Waals surface area contributed by atoms with Crippen molar-refractivity contribution in [2.45, 2.75) is 6.61 Å². The van der Waals surface area contributed by atoms with E-state index in [9.17, 15) is 0 Å². The van der Waals surface area contributed by atoms with Crippen LogP contribution in [-0.4, -0.2) is 7.11 Å². The fraction of sp³-hybridized carbons (Fsp3) is 0.133. The molecule has 0 heterocycles. The number of methoxy groups -OCH3 is 1. The molecule has 2 heteroatoms. The molecule has 0 saturated carbocycles. The lowest BCUT2D eigenvalue weighted by atomic mass is 9.99. The first-order valence-electron chi connectivity index (χ1n) is 5.42. The zero-order valence-electron chi connectivity index (χ0n) is 9.68. The number of hydrogen-bond donors (Lipinski definition) is 0. The number of nitriles is 1. The summed E-state index contributed by atoms with van der Waals surface area (Å²) in [4.78, 5) is 0. The van der Waals surface area contributed by atoms with E-state index in [1.807, 2.05) is 48.5 Å². The fourth-order valence-electron chi connectivity index (χ4n) is 1.78. The maximum atomic E-state index is 9.05. The summed E-state index contributed by atoms with van der Waals surface area (Å²) in [5.74, 6) is 0. The second-order valence-electron chi connectivity index (χ2n) is 3.79. The molecule has 2 aromatic carbocycles. The maximum Gasteiger partial charge on any atom is 0.0998 e. The van der Waals surface area contributed by atoms with Crippen LogP contribution in [0.15, 0.2) is 48.5 Å². The topological polar surface area (TPSA) is 33.0 Å². The Hall–Kier alpha value is -2.11. The SMILES string of the molecule is COCc1ccc(-c2ccccc2C#N)cc1. The number of rotatable bonds is 3. The highest BCUT2D eigenvalue weighted by Crippen LogP contribution is 2.23. The third-order valence-corrected chi connectivity index (χ3v) is 2.62. The van der Waals surface area contributed by atoms with Crippen LogP contribution in [0.5, 0.6) is 0 Å². The van der Waals surface area contributed by atoms with Crippen molar-refractivity contribution in [3.05, 3.63) is 59.7 Å². The monoisotopic (exact) mass is 223 g/mol. The van der Waals surface area contributed by atoms with Crippen LogP contribution in [0.3, 0.4) is 0 Å². The highest BCUT2D eigenvalue weighted by atomic mass is 16.5. The molecule has 0 aliphatic carbocycles. The molecule has 0 N–H and O–H groups in total. The van der Waals surface area contributed by atoms with Gasteiger partial charge in [0.05, 0.1) is 18.2 Å². The highest BCUT2D eigenvalue weighted by Gasteiger charge is 2.03. The van der Waals surface area contributed by atoms with Gasteiger partial charge in [0, 0.05) is 7.11 Å². The summed E-state index contributed by atoms with van der Waals surface area (Å²) in [6, 6.07) is 17.9. The zero-order chi connectivity index (χ0) is 12.1. The molecule has 0 saturated heterocycles. The van der Waals surface area contributed by atoms with Gasteiger partial charge in [0.15, 0.2) is 0 Å². The first-order chi connectivity index (χ1) is 8.35. The smallest absolute Gasteiger partial charge is 0.0998 e. The van der Waals surface area contributed by atoms with E-state index >= 15 is 0 Å². The highest BCUT2D eigenvalue weighted by molar-refractivity contribution is 5.70. The van der Waals surface area contributed by atoms with Gasteiger partial charge in [-0.25, -0.2) is 0 Å². The first kappa shape index (κ1) is 11.4. The van der Waals surface area contributed by atoms with Crippen LogP contribution in [0.2, 0.25) is 0 Å². The van der Waals surface area contributed by atoms with Crippen LogP contribution >= 0.6 is 0 Å². The van der Waals surface area contributed by atoms with Crippen LogP contribution < -0.4 is 0 Å². The Balaban J connectivity index is 2.37. The van der Waals surface area contributed by atoms with Crippen LogP contribution in [0, 0.1) is 11.3 Å². The summed E-state index contributed by atoms with van der Waals surface area (Å²) in [6.07, 6.45) is 0. The predicted octanol–water partition coefficient (Wildman–Crippen LogP) is 3.37. The first-order valence-corrected chi connectivity index (χ1v) is 5.42. The Morgan fingerprint density at radius 3 is 2.41 bits per heavy atom. The van der Waals surface area contributed by atoms with Gasteiger partial charge in [-0.15, -0.1) is 0 Å². The van der Waals surface area contributed by atoms with Crippen molar-refractivity contribution in [3.8, 4) is 17.2 Å². The predicted molar refractivity (Wildman–Crippen MR) is 67.3 cm³/mol. The van der Waals surface area contributed by atoms with Crippen molar-refractivity contribution in [3.63, 3.8) is 0 Å². The Kier molecular flexibility index (Phi) is 3.54. The van der Waals surface area contributed by atoms with Crippen LogP contribution in [0.25, 0.3) is 11.1 Å². The molecule has 2 rings (SSSR count). The average Bonchev–Trinajstić information content (AvgIpc) is 2.40. The zero-order valence-corrected chi connectivity index (χ0v) is 9.68. The third kappa shape index (κ3) is 2.52. The summed E-state index contributed by atoms with van der Waals surface area (Å²) in [6.45, 7) is 0.611. The molecule has 0 spiro atoms. The minimum Gasteiger partial charge on any atom is -0.380 e. The van der Waals surface area contributed by atoms with E-state index in [2.05, 4.69) is 6.07 Å². The van der Waals surface area contributed by atoms with Gasteiger partial charge in [-0.2, -0.15) is 5.26 Å². The van der Waals surface area contributed by atoms with Crippen molar-refractivity contribution in [2.24, 2.45) is 0 Å². The van der Waals surface area contributed by atoms with Gasteiger partial charge in [0.1, 0.15) is 0 Å². The van der Waals surface area contributed by atoms with Gasteiger partial charge in [-0.1, -0.05) is 42.5 Å². The van der Waals surface area contributed by atoms with E-state index in [-0.39, 0.29) is 0 Å². The molecule has 2 aromatic rings. The van der Waals surface area contributed by atoms with E-state index in [0.29, 0.717) is 12.2 Å². The molecule has 0 bridgehead atoms. The van der Waals surface area contributed by atoms with Crippen LogP contribution in [0.4, 0.5) is 0 Å². The van der Waals surface area contributed by atoms with Crippen molar-refractivity contribution >= 4 is 0 Å². The minimum absolute atomic E-state index is 0.611. The molecule has 0 amide bonds. The van der Waals surface area contributed by atoms with Gasteiger partial charge in [0.25, 0.3) is 0 Å². The second-order valence-corrected chi connectivity index (χ2v) is 3.79. The fourth-order valence-corrected chi connectivity index (χ4v) is 1.78. The molecule has 17 heavy (non-hydrogen) atoms. The molecule has 84 valence electrons. The van der Waals surface area contributed by atoms with Gasteiger partial charge >= 0.3 is 0 Å². The number of hydrogen-bond acceptors (Lipinski definition) is 2. The van der Waals surface area contributed by atoms with Crippen LogP contribution in [-0.2, 0) is 11.3 Å². The summed E-state index contributed by atoms with van der Waals surface area (Å²) in [5.41, 5.74) is 3.86. The van der Waals surface area contributed by atoms with Crippen molar-refractivity contribution < 1.29 is 4.74 Å². The summed E-state index contributed by atoms with van der Waals surface area (Å²) < 4.78 is 5.07. The number of ether oxygens (including phenoxy) is 1. The molecule has 0 aromatic heterocycles. The van der Waals surface area contributed by atoms with E-state index in [4.69, 9.17) is 10.00 Å². The molecule has 0 atom stereocenters. The standard InChI is InChI=1S/C15H13NO/c1-17-11-12-6-8-13(9-7-12)15-5-3-2-4-14(15)10-16/h2-9H,11H2,1H3. The average molecular weight is 223 g/mol. The van der Waals surface area contributed by atoms with E-state index in [0.717, 1.165) is 16.7 Å². The second kappa shape index (κ2) is 5.29. The lowest BCUT2D eigenvalue weighted by molar-refractivity contribution is 0.185. The van der Waals surface area contributed by atoms with E-state index < -0.39 is 0 Å². The molecule has 0 aliphatic rings. The third-order valence-electron chi connectivity index (χ3n) is 2.62. The van der Waals surface area contributed by atoms with Gasteiger partial charge in [-0.3, -0.25) is 0 Å². The Bertz CT molecular complexity index is 538. The molecule has 0 radical (unpaired) electrons. The molecule has 0 unspecified atom stereocenters. The number of benzene rings is 2. The van der Waals surface area contributed by atoms with E-state index in [1.165, 1.54) is 0 Å². The largest absolute Gasteiger partial charge is 0.380 e. The van der Waals surface area contributed by atoms with Gasteiger partial charge < -0.3 is 4.74 Å². The summed E-state index contributed by atoms with van der Waals surface area (Å²) >= 11 is 0. The van der Waals surface area contributed by atoms with Crippen molar-refractivity contribution in [1.29, 1.82) is 5.26 Å². The van der Waals surface area contributed by atoms with Crippen LogP contribution in [0.1, 0.15) is 11.1 Å². The summed E-state index contributed by atoms with van der Waals surface area (Å²) in [7, 11) is 1.68. The number of nitrogens with zero attached hydrogens (tertiary/aromatic N) is 1. The molecular weight excluding hydrogens is 210 g/mol. The van der Waals surface area contributed by atoms with Crippen molar-refractivity contribution in [2.75, 3.05) is 7.11 Å². The van der Waals surface area contributed by atoms with Gasteiger partial charge in [-0.05, 0) is 22.8 Å². The lowest BCUT2D eigenvalue weighted by Crippen LogP contribution is -1.88. The van der Waals surface area contributed by atoms with E-state index in [1.54, 1.807) is 7.11 Å². The molecule has 0 fully saturated rings. The Morgan fingerprint density at radius 2 is 1.76 bits per heavy atom. The Morgan fingerprint density at radius 1 is 1.06 bits per heavy atom. The Labute approximate surface area is 101 Å². The lowest BCUT2D eigenvalue weighted by Gasteiger charge is -2.05. The normalized spacial score (nSPS) is 9.88.